The van der Waals surface area contributed by atoms with Crippen molar-refractivity contribution in [2.45, 2.75) is 35.6 Å². The van der Waals surface area contributed by atoms with Gasteiger partial charge in [0.1, 0.15) is 5.82 Å². The summed E-state index contributed by atoms with van der Waals surface area (Å²) in [5, 5.41) is 7.97. The Morgan fingerprint density at radius 2 is 1.52 bits per heavy atom. The topological polar surface area (TPSA) is 127 Å². The Morgan fingerprint density at radius 3 is 2.03 bits per heavy atom. The summed E-state index contributed by atoms with van der Waals surface area (Å²) in [6.45, 7) is 2.16. The van der Waals surface area contributed by atoms with Crippen LogP contribution in [0, 0.1) is 11.7 Å². The fraction of sp³-hybridized carbons (Fsp3) is 0.350. The zero-order valence-electron chi connectivity index (χ0n) is 16.9. The number of benzene rings is 2. The summed E-state index contributed by atoms with van der Waals surface area (Å²) in [5.74, 6) is -1.05. The van der Waals surface area contributed by atoms with Crippen LogP contribution in [0.4, 0.5) is 4.39 Å². The van der Waals surface area contributed by atoms with Crippen LogP contribution in [0.25, 0.3) is 0 Å². The highest BCUT2D eigenvalue weighted by Crippen LogP contribution is 2.25. The van der Waals surface area contributed by atoms with E-state index in [0.29, 0.717) is 12.8 Å². The molecular formula is C20H24FN3O5S2. The van der Waals surface area contributed by atoms with Crippen molar-refractivity contribution >= 4 is 26.0 Å². The van der Waals surface area contributed by atoms with E-state index in [2.05, 4.69) is 5.32 Å². The Bertz CT molecular complexity index is 1140. The van der Waals surface area contributed by atoms with Crippen molar-refractivity contribution in [2.75, 3.05) is 13.1 Å². The van der Waals surface area contributed by atoms with Gasteiger partial charge in [-0.25, -0.2) is 26.4 Å². The number of halogens is 1. The summed E-state index contributed by atoms with van der Waals surface area (Å²) in [4.78, 5) is 12.6. The molecule has 0 spiro atoms. The second-order valence-electron chi connectivity index (χ2n) is 7.48. The molecule has 1 saturated heterocycles. The summed E-state index contributed by atoms with van der Waals surface area (Å²) in [5.41, 5.74) is 0.720. The maximum atomic E-state index is 13.1. The van der Waals surface area contributed by atoms with E-state index in [9.17, 15) is 26.0 Å². The normalized spacial score (nSPS) is 17.3. The lowest BCUT2D eigenvalue weighted by Crippen LogP contribution is -2.43. The van der Waals surface area contributed by atoms with Gasteiger partial charge < -0.3 is 5.32 Å². The highest BCUT2D eigenvalue weighted by atomic mass is 32.2. The van der Waals surface area contributed by atoms with Gasteiger partial charge in [0, 0.05) is 19.0 Å². The molecule has 3 rings (SSSR count). The number of nitrogens with zero attached hydrogens (tertiary/aromatic N) is 1. The zero-order chi connectivity index (χ0) is 22.8. The van der Waals surface area contributed by atoms with Crippen molar-refractivity contribution in [2.24, 2.45) is 11.1 Å². The molecule has 31 heavy (non-hydrogen) atoms. The van der Waals surface area contributed by atoms with Crippen LogP contribution in [-0.2, 0) is 24.8 Å². The third-order valence-electron chi connectivity index (χ3n) is 5.34. The van der Waals surface area contributed by atoms with Gasteiger partial charge in [-0.2, -0.15) is 4.31 Å². The molecule has 0 radical (unpaired) electrons. The summed E-state index contributed by atoms with van der Waals surface area (Å²) in [7, 11) is -7.52. The number of carbonyl (C=O) groups excluding carboxylic acids is 1. The molecule has 1 aliphatic heterocycles. The third-order valence-corrected chi connectivity index (χ3v) is 8.19. The van der Waals surface area contributed by atoms with Crippen LogP contribution in [0.15, 0.2) is 58.3 Å². The fourth-order valence-corrected chi connectivity index (χ4v) is 5.46. The van der Waals surface area contributed by atoms with Gasteiger partial charge in [-0.15, -0.1) is 0 Å². The van der Waals surface area contributed by atoms with Crippen LogP contribution in [0.5, 0.6) is 0 Å². The van der Waals surface area contributed by atoms with Gasteiger partial charge in [-0.3, -0.25) is 4.79 Å². The molecule has 0 bridgehead atoms. The summed E-state index contributed by atoms with van der Waals surface area (Å²) < 4.78 is 62.4. The monoisotopic (exact) mass is 469 g/mol. The Labute approximate surface area is 181 Å². The molecule has 3 N–H and O–H groups in total. The van der Waals surface area contributed by atoms with Crippen molar-refractivity contribution in [3.63, 3.8) is 0 Å². The van der Waals surface area contributed by atoms with Crippen molar-refractivity contribution in [1.29, 1.82) is 0 Å². The molecule has 1 atom stereocenters. The number of carbonyl (C=O) groups is 1. The number of piperidine rings is 1. The van der Waals surface area contributed by atoms with E-state index >= 15 is 0 Å². The molecule has 168 valence electrons. The molecular weight excluding hydrogens is 445 g/mol. The van der Waals surface area contributed by atoms with Gasteiger partial charge in [-0.05, 0) is 61.7 Å². The lowest BCUT2D eigenvalue weighted by atomic mass is 9.96. The van der Waals surface area contributed by atoms with Gasteiger partial charge in [0.15, 0.2) is 0 Å². The molecule has 8 nitrogen and oxygen atoms in total. The minimum absolute atomic E-state index is 0.00971. The number of rotatable bonds is 6. The van der Waals surface area contributed by atoms with Crippen LogP contribution < -0.4 is 10.5 Å². The fourth-order valence-electron chi connectivity index (χ4n) is 3.47. The lowest BCUT2D eigenvalue weighted by molar-refractivity contribution is -0.126. The first-order valence-electron chi connectivity index (χ1n) is 9.67. The quantitative estimate of drug-likeness (QED) is 0.666. The number of nitrogens with one attached hydrogen (secondary N) is 1. The smallest absolute Gasteiger partial charge is 0.243 e. The zero-order valence-corrected chi connectivity index (χ0v) is 18.5. The van der Waals surface area contributed by atoms with E-state index in [1.807, 2.05) is 0 Å². The summed E-state index contributed by atoms with van der Waals surface area (Å²) >= 11 is 0. The van der Waals surface area contributed by atoms with E-state index < -0.39 is 25.9 Å². The average Bonchev–Trinajstić information content (AvgIpc) is 2.73. The van der Waals surface area contributed by atoms with Crippen LogP contribution >= 0.6 is 0 Å². The van der Waals surface area contributed by atoms with E-state index in [1.165, 1.54) is 28.6 Å². The maximum Gasteiger partial charge on any atom is 0.243 e. The first-order valence-corrected chi connectivity index (χ1v) is 12.7. The van der Waals surface area contributed by atoms with Gasteiger partial charge in [-0.1, -0.05) is 12.1 Å². The number of nitrogens with two attached hydrogens (primary N) is 1. The standard InChI is InChI=1S/C20H24FN3O5S2/c1-14(15-2-6-18(7-3-15)30(22,26)27)23-20(25)16-10-12-24(13-11-16)31(28,29)19-8-4-17(21)5-9-19/h2-9,14,16H,10-13H2,1H3,(H,23,25)(H2,22,26,27). The Hall–Kier alpha value is -2.34. The molecule has 0 aliphatic carbocycles. The second-order valence-corrected chi connectivity index (χ2v) is 11.0. The van der Waals surface area contributed by atoms with Crippen LogP contribution in [0.1, 0.15) is 31.4 Å². The number of sulfonamides is 2. The molecule has 11 heteroatoms. The SMILES string of the molecule is CC(NC(=O)C1CCN(S(=O)(=O)c2ccc(F)cc2)CC1)c1ccc(S(N)(=O)=O)cc1. The van der Waals surface area contributed by atoms with Crippen LogP contribution in [0.3, 0.4) is 0 Å². The van der Waals surface area contributed by atoms with Crippen molar-refractivity contribution < 1.29 is 26.0 Å². The number of hydrogen-bond acceptors (Lipinski definition) is 5. The highest BCUT2D eigenvalue weighted by molar-refractivity contribution is 7.89. The Kier molecular flexibility index (Phi) is 6.79. The highest BCUT2D eigenvalue weighted by Gasteiger charge is 2.32. The minimum atomic E-state index is -3.78. The number of primary sulfonamides is 1. The van der Waals surface area contributed by atoms with Crippen molar-refractivity contribution in [3.8, 4) is 0 Å². The van der Waals surface area contributed by atoms with Gasteiger partial charge in [0.25, 0.3) is 0 Å². The van der Waals surface area contributed by atoms with Crippen LogP contribution in [-0.4, -0.2) is 40.1 Å². The van der Waals surface area contributed by atoms with Gasteiger partial charge >= 0.3 is 0 Å². The molecule has 1 aliphatic rings. The minimum Gasteiger partial charge on any atom is -0.349 e. The molecule has 1 heterocycles. The maximum absolute atomic E-state index is 13.1. The third kappa shape index (κ3) is 5.48. The predicted molar refractivity (Wildman–Crippen MR) is 112 cm³/mol. The van der Waals surface area contributed by atoms with E-state index in [0.717, 1.165) is 17.7 Å². The van der Waals surface area contributed by atoms with E-state index in [-0.39, 0.29) is 40.7 Å². The first kappa shape index (κ1) is 23.3. The van der Waals surface area contributed by atoms with E-state index in [4.69, 9.17) is 5.14 Å². The Morgan fingerprint density at radius 1 is 1.00 bits per heavy atom. The molecule has 1 unspecified atom stereocenters. The lowest BCUT2D eigenvalue weighted by Gasteiger charge is -2.31. The molecule has 2 aromatic carbocycles. The first-order chi connectivity index (χ1) is 14.5. The predicted octanol–water partition coefficient (Wildman–Crippen LogP) is 1.75. The molecule has 1 fully saturated rings. The molecule has 2 aromatic rings. The van der Waals surface area contributed by atoms with Gasteiger partial charge in [0.05, 0.1) is 15.8 Å². The van der Waals surface area contributed by atoms with Crippen molar-refractivity contribution in [3.05, 3.63) is 59.9 Å². The van der Waals surface area contributed by atoms with Gasteiger partial charge in [0.2, 0.25) is 26.0 Å². The van der Waals surface area contributed by atoms with E-state index in [1.54, 1.807) is 19.1 Å². The Balaban J connectivity index is 1.58. The largest absolute Gasteiger partial charge is 0.349 e. The molecule has 0 aromatic heterocycles. The molecule has 0 saturated carbocycles. The average molecular weight is 470 g/mol. The summed E-state index contributed by atoms with van der Waals surface area (Å²) in [6.07, 6.45) is 0.729. The summed E-state index contributed by atoms with van der Waals surface area (Å²) in [6, 6.07) is 10.2. The van der Waals surface area contributed by atoms with Crippen molar-refractivity contribution in [1.82, 2.24) is 9.62 Å². The van der Waals surface area contributed by atoms with Crippen LogP contribution in [0.2, 0.25) is 0 Å². The number of amides is 1. The number of hydrogen-bond donors (Lipinski definition) is 2. The second kappa shape index (κ2) is 9.03. The molecule has 1 amide bonds.